The van der Waals surface area contributed by atoms with Gasteiger partial charge in [0.25, 0.3) is 5.91 Å². The Labute approximate surface area is 123 Å². The number of carbonyl (C=O) groups excluding carboxylic acids is 1. The van der Waals surface area contributed by atoms with Gasteiger partial charge in [-0.15, -0.1) is 0 Å². The van der Waals surface area contributed by atoms with Crippen molar-refractivity contribution in [2.24, 2.45) is 0 Å². The summed E-state index contributed by atoms with van der Waals surface area (Å²) in [4.78, 5) is 14.3. The first-order valence-electron chi connectivity index (χ1n) is 6.96. The Hall–Kier alpha value is -1.89. The zero-order valence-electron chi connectivity index (χ0n) is 11.7. The number of benzene rings is 1. The molecule has 1 aliphatic heterocycles. The van der Waals surface area contributed by atoms with Crippen LogP contribution in [0.15, 0.2) is 24.3 Å². The van der Waals surface area contributed by atoms with Gasteiger partial charge in [0.05, 0.1) is 17.0 Å². The van der Waals surface area contributed by atoms with Gasteiger partial charge in [0.1, 0.15) is 0 Å². The number of aromatic nitrogens is 2. The molecular weight excluding hydrogens is 290 g/mol. The first-order valence-corrected chi connectivity index (χ1v) is 8.78. The summed E-state index contributed by atoms with van der Waals surface area (Å²) in [5.74, 6) is -0.00502. The summed E-state index contributed by atoms with van der Waals surface area (Å²) in [6, 6.07) is 7.17. The Kier molecular flexibility index (Phi) is 3.44. The maximum atomic E-state index is 12.7. The maximum absolute atomic E-state index is 12.7. The lowest BCUT2D eigenvalue weighted by molar-refractivity contribution is 0.0704. The minimum Gasteiger partial charge on any atom is -0.333 e. The van der Waals surface area contributed by atoms with Gasteiger partial charge in [-0.25, -0.2) is 8.42 Å². The van der Waals surface area contributed by atoms with E-state index in [0.29, 0.717) is 18.7 Å². The van der Waals surface area contributed by atoms with Crippen LogP contribution in [-0.2, 0) is 9.84 Å². The SMILES string of the molecule is CCN(C(=O)c1n[nH]c2ccccc12)C1CCS(=O)(=O)C1. The number of sulfone groups is 1. The van der Waals surface area contributed by atoms with Crippen LogP contribution in [-0.4, -0.2) is 53.5 Å². The number of amides is 1. The predicted molar refractivity (Wildman–Crippen MR) is 79.9 cm³/mol. The molecule has 0 aliphatic carbocycles. The average Bonchev–Trinajstić information content (AvgIpc) is 3.03. The first-order chi connectivity index (χ1) is 10.0. The average molecular weight is 307 g/mol. The predicted octanol–water partition coefficient (Wildman–Crippen LogP) is 1.21. The molecule has 1 fully saturated rings. The van der Waals surface area contributed by atoms with E-state index in [1.165, 1.54) is 0 Å². The standard InChI is InChI=1S/C14H17N3O3S/c1-2-17(10-7-8-21(19,20)9-10)14(18)13-11-5-3-4-6-12(11)15-16-13/h3-6,10H,2,7-9H2,1H3,(H,15,16). The molecule has 21 heavy (non-hydrogen) atoms. The van der Waals surface area contributed by atoms with E-state index < -0.39 is 9.84 Å². The molecule has 2 aromatic rings. The third-order valence-corrected chi connectivity index (χ3v) is 5.67. The molecule has 2 heterocycles. The molecule has 0 bridgehead atoms. The zero-order chi connectivity index (χ0) is 15.0. The molecule has 1 aromatic carbocycles. The van der Waals surface area contributed by atoms with Crippen LogP contribution in [0.5, 0.6) is 0 Å². The number of nitrogens with one attached hydrogen (secondary N) is 1. The monoisotopic (exact) mass is 307 g/mol. The smallest absolute Gasteiger partial charge is 0.275 e. The molecule has 1 unspecified atom stereocenters. The number of para-hydroxylation sites is 1. The van der Waals surface area contributed by atoms with Crippen molar-refractivity contribution in [2.75, 3.05) is 18.1 Å². The minimum atomic E-state index is -3.02. The van der Waals surface area contributed by atoms with Crippen LogP contribution in [0.3, 0.4) is 0 Å². The van der Waals surface area contributed by atoms with Gasteiger partial charge in [0.2, 0.25) is 0 Å². The second-order valence-electron chi connectivity index (χ2n) is 5.27. The lowest BCUT2D eigenvalue weighted by Gasteiger charge is -2.26. The second-order valence-corrected chi connectivity index (χ2v) is 7.49. The summed E-state index contributed by atoms with van der Waals surface area (Å²) in [6.45, 7) is 2.33. The van der Waals surface area contributed by atoms with Gasteiger partial charge in [-0.1, -0.05) is 18.2 Å². The van der Waals surface area contributed by atoms with Crippen molar-refractivity contribution in [1.82, 2.24) is 15.1 Å². The summed E-state index contributed by atoms with van der Waals surface area (Å²) in [5, 5.41) is 7.71. The van der Waals surface area contributed by atoms with Crippen LogP contribution in [0, 0.1) is 0 Å². The van der Waals surface area contributed by atoms with Gasteiger partial charge in [-0.3, -0.25) is 9.89 Å². The highest BCUT2D eigenvalue weighted by molar-refractivity contribution is 7.91. The molecule has 1 saturated heterocycles. The van der Waals surface area contributed by atoms with Crippen molar-refractivity contribution in [3.8, 4) is 0 Å². The van der Waals surface area contributed by atoms with E-state index in [2.05, 4.69) is 10.2 Å². The van der Waals surface area contributed by atoms with Crippen molar-refractivity contribution in [3.05, 3.63) is 30.0 Å². The van der Waals surface area contributed by atoms with Crippen molar-refractivity contribution in [3.63, 3.8) is 0 Å². The molecular formula is C14H17N3O3S. The van der Waals surface area contributed by atoms with Crippen LogP contribution in [0.2, 0.25) is 0 Å². The number of fused-ring (bicyclic) bond motifs is 1. The molecule has 1 aromatic heterocycles. The van der Waals surface area contributed by atoms with Gasteiger partial charge < -0.3 is 4.90 Å². The number of carbonyl (C=O) groups is 1. The molecule has 1 atom stereocenters. The van der Waals surface area contributed by atoms with Crippen LogP contribution < -0.4 is 0 Å². The topological polar surface area (TPSA) is 83.1 Å². The van der Waals surface area contributed by atoms with E-state index in [1.54, 1.807) is 4.90 Å². The highest BCUT2D eigenvalue weighted by Crippen LogP contribution is 2.22. The number of hydrogen-bond donors (Lipinski definition) is 1. The fourth-order valence-corrected chi connectivity index (χ4v) is 4.58. The lowest BCUT2D eigenvalue weighted by Crippen LogP contribution is -2.41. The third-order valence-electron chi connectivity index (χ3n) is 3.92. The Morgan fingerprint density at radius 3 is 2.86 bits per heavy atom. The van der Waals surface area contributed by atoms with Gasteiger partial charge in [-0.05, 0) is 19.4 Å². The maximum Gasteiger partial charge on any atom is 0.275 e. The minimum absolute atomic E-state index is 0.0505. The summed E-state index contributed by atoms with van der Waals surface area (Å²) >= 11 is 0. The number of aromatic amines is 1. The van der Waals surface area contributed by atoms with Crippen LogP contribution in [0.25, 0.3) is 10.9 Å². The van der Waals surface area contributed by atoms with Crippen LogP contribution in [0.4, 0.5) is 0 Å². The van der Waals surface area contributed by atoms with Crippen molar-refractivity contribution >= 4 is 26.6 Å². The molecule has 3 rings (SSSR count). The summed E-state index contributed by atoms with van der Waals surface area (Å²) < 4.78 is 23.2. The lowest BCUT2D eigenvalue weighted by atomic mass is 10.1. The molecule has 1 N–H and O–H groups in total. The Morgan fingerprint density at radius 2 is 2.19 bits per heavy atom. The van der Waals surface area contributed by atoms with Crippen molar-refractivity contribution in [2.45, 2.75) is 19.4 Å². The highest BCUT2D eigenvalue weighted by atomic mass is 32.2. The molecule has 0 spiro atoms. The first kappa shape index (κ1) is 14.1. The number of rotatable bonds is 3. The zero-order valence-corrected chi connectivity index (χ0v) is 12.6. The van der Waals surface area contributed by atoms with Crippen LogP contribution >= 0.6 is 0 Å². The highest BCUT2D eigenvalue weighted by Gasteiger charge is 2.35. The molecule has 0 radical (unpaired) electrons. The Bertz CT molecular complexity index is 782. The molecule has 6 nitrogen and oxygen atoms in total. The molecule has 0 saturated carbocycles. The molecule has 7 heteroatoms. The van der Waals surface area contributed by atoms with Crippen molar-refractivity contribution < 1.29 is 13.2 Å². The Balaban J connectivity index is 1.93. The summed E-state index contributed by atoms with van der Waals surface area (Å²) in [5.41, 5.74) is 1.16. The van der Waals surface area contributed by atoms with Gasteiger partial charge in [-0.2, -0.15) is 5.10 Å². The van der Waals surface area contributed by atoms with E-state index in [0.717, 1.165) is 10.9 Å². The summed E-state index contributed by atoms with van der Waals surface area (Å²) in [7, 11) is -3.02. The van der Waals surface area contributed by atoms with Gasteiger partial charge in [0.15, 0.2) is 15.5 Å². The number of H-pyrrole nitrogens is 1. The van der Waals surface area contributed by atoms with E-state index in [1.807, 2.05) is 31.2 Å². The van der Waals surface area contributed by atoms with E-state index in [4.69, 9.17) is 0 Å². The Morgan fingerprint density at radius 1 is 1.43 bits per heavy atom. The van der Waals surface area contributed by atoms with E-state index in [9.17, 15) is 13.2 Å². The van der Waals surface area contributed by atoms with E-state index >= 15 is 0 Å². The van der Waals surface area contributed by atoms with E-state index in [-0.39, 0.29) is 23.5 Å². The quantitative estimate of drug-likeness (QED) is 0.924. The van der Waals surface area contributed by atoms with Crippen LogP contribution in [0.1, 0.15) is 23.8 Å². The van der Waals surface area contributed by atoms with Crippen molar-refractivity contribution in [1.29, 1.82) is 0 Å². The third kappa shape index (κ3) is 2.53. The van der Waals surface area contributed by atoms with Gasteiger partial charge in [0, 0.05) is 18.0 Å². The fourth-order valence-electron chi connectivity index (χ4n) is 2.85. The molecule has 1 amide bonds. The molecule has 112 valence electrons. The second kappa shape index (κ2) is 5.14. The van der Waals surface area contributed by atoms with Gasteiger partial charge >= 0.3 is 0 Å². The normalized spacial score (nSPS) is 20.7. The summed E-state index contributed by atoms with van der Waals surface area (Å²) in [6.07, 6.45) is 0.504. The number of hydrogen-bond acceptors (Lipinski definition) is 4. The largest absolute Gasteiger partial charge is 0.333 e. The fraction of sp³-hybridized carbons (Fsp3) is 0.429. The molecule has 1 aliphatic rings. The number of nitrogens with zero attached hydrogens (tertiary/aromatic N) is 2.